The van der Waals surface area contributed by atoms with Crippen LogP contribution in [0, 0.1) is 0 Å². The Bertz CT molecular complexity index is 709. The number of carbonyl (C=O) groups excluding carboxylic acids is 1. The number of hydrogen-bond acceptors (Lipinski definition) is 3. The highest BCUT2D eigenvalue weighted by Crippen LogP contribution is 2.40. The molecule has 0 aromatic heterocycles. The summed E-state index contributed by atoms with van der Waals surface area (Å²) in [6.07, 6.45) is 1.75. The molecular weight excluding hydrogens is 312 g/mol. The number of ether oxygens (including phenoxy) is 2. The van der Waals surface area contributed by atoms with Crippen molar-refractivity contribution in [1.29, 1.82) is 0 Å². The normalized spacial score (nSPS) is 11.2. The summed E-state index contributed by atoms with van der Waals surface area (Å²) in [4.78, 5) is 11.4. The summed E-state index contributed by atoms with van der Waals surface area (Å²) >= 11 is 0. The number of hydrogen-bond donors (Lipinski definition) is 0. The maximum Gasteiger partial charge on any atom is 0.169 e. The molecule has 0 spiro atoms. The van der Waals surface area contributed by atoms with Crippen LogP contribution in [0.1, 0.15) is 57.0 Å². The molecule has 0 aliphatic rings. The van der Waals surface area contributed by atoms with E-state index in [4.69, 9.17) is 9.47 Å². The van der Waals surface area contributed by atoms with E-state index in [1.165, 1.54) is 5.56 Å². The zero-order valence-electron chi connectivity index (χ0n) is 15.9. The monoisotopic (exact) mass is 340 g/mol. The first kappa shape index (κ1) is 19.0. The molecule has 2 rings (SSSR count). The summed E-state index contributed by atoms with van der Waals surface area (Å²) < 4.78 is 11.7. The van der Waals surface area contributed by atoms with E-state index in [-0.39, 0.29) is 5.41 Å². The minimum absolute atomic E-state index is 0.0984. The fraction of sp³-hybridized carbons (Fsp3) is 0.409. The predicted octanol–water partition coefficient (Wildman–Crippen LogP) is 5.65. The average molecular weight is 340 g/mol. The molecule has 0 saturated heterocycles. The van der Waals surface area contributed by atoms with Crippen LogP contribution in [0.25, 0.3) is 11.1 Å². The van der Waals surface area contributed by atoms with E-state index < -0.39 is 0 Å². The average Bonchev–Trinajstić information content (AvgIpc) is 2.59. The van der Waals surface area contributed by atoms with Crippen molar-refractivity contribution < 1.29 is 14.3 Å². The SMILES string of the molecule is CCCOc1c(OCC)cc(C=O)cc1-c1ccc(C(C)(C)C)cc1. The number of aldehydes is 1. The van der Waals surface area contributed by atoms with E-state index >= 15 is 0 Å². The van der Waals surface area contributed by atoms with Gasteiger partial charge in [0.1, 0.15) is 6.29 Å². The second-order valence-electron chi connectivity index (χ2n) is 7.12. The minimum Gasteiger partial charge on any atom is -0.490 e. The maximum atomic E-state index is 11.4. The molecule has 0 radical (unpaired) electrons. The van der Waals surface area contributed by atoms with E-state index in [1.807, 2.05) is 13.0 Å². The second kappa shape index (κ2) is 8.19. The summed E-state index contributed by atoms with van der Waals surface area (Å²) in [6.45, 7) is 11.7. The quantitative estimate of drug-likeness (QED) is 0.611. The minimum atomic E-state index is 0.0984. The van der Waals surface area contributed by atoms with E-state index in [2.05, 4.69) is 52.0 Å². The van der Waals surface area contributed by atoms with E-state index in [0.29, 0.717) is 30.3 Å². The molecule has 0 N–H and O–H groups in total. The van der Waals surface area contributed by atoms with E-state index in [9.17, 15) is 4.79 Å². The van der Waals surface area contributed by atoms with Crippen LogP contribution >= 0.6 is 0 Å². The Hall–Kier alpha value is -2.29. The lowest BCUT2D eigenvalue weighted by molar-refractivity contribution is 0.112. The van der Waals surface area contributed by atoms with Gasteiger partial charge < -0.3 is 9.47 Å². The van der Waals surface area contributed by atoms with Gasteiger partial charge >= 0.3 is 0 Å². The molecule has 3 nitrogen and oxygen atoms in total. The van der Waals surface area contributed by atoms with Crippen molar-refractivity contribution in [3.63, 3.8) is 0 Å². The van der Waals surface area contributed by atoms with E-state index in [0.717, 1.165) is 23.8 Å². The maximum absolute atomic E-state index is 11.4. The third-order valence-electron chi connectivity index (χ3n) is 4.03. The highest BCUT2D eigenvalue weighted by molar-refractivity contribution is 5.84. The van der Waals surface area contributed by atoms with Crippen LogP contribution < -0.4 is 9.47 Å². The number of benzene rings is 2. The van der Waals surface area contributed by atoms with Crippen molar-refractivity contribution in [2.24, 2.45) is 0 Å². The molecule has 0 fully saturated rings. The summed E-state index contributed by atoms with van der Waals surface area (Å²) in [5, 5.41) is 0. The molecule has 0 atom stereocenters. The molecule has 3 heteroatoms. The molecule has 0 aliphatic heterocycles. The van der Waals surface area contributed by atoms with Crippen molar-refractivity contribution >= 4 is 6.29 Å². The topological polar surface area (TPSA) is 35.5 Å². The molecule has 25 heavy (non-hydrogen) atoms. The molecule has 134 valence electrons. The Kier molecular flexibility index (Phi) is 6.24. The fourth-order valence-electron chi connectivity index (χ4n) is 2.67. The molecule has 0 heterocycles. The van der Waals surface area contributed by atoms with Gasteiger partial charge in [0, 0.05) is 11.1 Å². The van der Waals surface area contributed by atoms with Gasteiger partial charge in [-0.25, -0.2) is 0 Å². The lowest BCUT2D eigenvalue weighted by atomic mass is 9.86. The summed E-state index contributed by atoms with van der Waals surface area (Å²) in [5.74, 6) is 1.33. The lowest BCUT2D eigenvalue weighted by Gasteiger charge is -2.20. The highest BCUT2D eigenvalue weighted by Gasteiger charge is 2.17. The smallest absolute Gasteiger partial charge is 0.169 e. The van der Waals surface area contributed by atoms with Gasteiger partial charge in [-0.1, -0.05) is 52.0 Å². The Morgan fingerprint density at radius 2 is 1.68 bits per heavy atom. The van der Waals surface area contributed by atoms with Gasteiger partial charge in [0.2, 0.25) is 0 Å². The van der Waals surface area contributed by atoms with Gasteiger partial charge in [-0.3, -0.25) is 4.79 Å². The molecule has 0 amide bonds. The van der Waals surface area contributed by atoms with Crippen LogP contribution in [0.3, 0.4) is 0 Å². The van der Waals surface area contributed by atoms with Gasteiger partial charge in [0.15, 0.2) is 11.5 Å². The van der Waals surface area contributed by atoms with Crippen LogP contribution in [-0.4, -0.2) is 19.5 Å². The van der Waals surface area contributed by atoms with Crippen molar-refractivity contribution in [3.8, 4) is 22.6 Å². The Balaban J connectivity index is 2.56. The molecular formula is C22H28O3. The zero-order valence-corrected chi connectivity index (χ0v) is 15.9. The first-order valence-corrected chi connectivity index (χ1v) is 8.90. The summed E-state index contributed by atoms with van der Waals surface area (Å²) in [7, 11) is 0. The van der Waals surface area contributed by atoms with Gasteiger partial charge in [-0.2, -0.15) is 0 Å². The summed E-state index contributed by atoms with van der Waals surface area (Å²) in [6, 6.07) is 12.0. The van der Waals surface area contributed by atoms with Gasteiger partial charge in [-0.15, -0.1) is 0 Å². The molecule has 2 aromatic carbocycles. The van der Waals surface area contributed by atoms with Crippen molar-refractivity contribution in [3.05, 3.63) is 47.5 Å². The zero-order chi connectivity index (χ0) is 18.4. The molecule has 0 bridgehead atoms. The van der Waals surface area contributed by atoms with Crippen molar-refractivity contribution in [1.82, 2.24) is 0 Å². The van der Waals surface area contributed by atoms with Crippen LogP contribution in [0.5, 0.6) is 11.5 Å². The predicted molar refractivity (Wildman–Crippen MR) is 103 cm³/mol. The largest absolute Gasteiger partial charge is 0.490 e. The summed E-state index contributed by atoms with van der Waals surface area (Å²) in [5.41, 5.74) is 3.86. The van der Waals surface area contributed by atoms with Gasteiger partial charge in [0.25, 0.3) is 0 Å². The van der Waals surface area contributed by atoms with Crippen molar-refractivity contribution in [2.45, 2.75) is 46.5 Å². The number of carbonyl (C=O) groups is 1. The Labute approximate surface area is 151 Å². The third-order valence-corrected chi connectivity index (χ3v) is 4.03. The number of rotatable bonds is 7. The lowest BCUT2D eigenvalue weighted by Crippen LogP contribution is -2.10. The Morgan fingerprint density at radius 3 is 2.20 bits per heavy atom. The second-order valence-corrected chi connectivity index (χ2v) is 7.12. The molecule has 0 unspecified atom stereocenters. The standard InChI is InChI=1S/C22H28O3/c1-6-12-25-21-19(13-16(15-23)14-20(21)24-7-2)17-8-10-18(11-9-17)22(3,4)5/h8-11,13-15H,6-7,12H2,1-5H3. The fourth-order valence-corrected chi connectivity index (χ4v) is 2.67. The first-order valence-electron chi connectivity index (χ1n) is 8.90. The van der Waals surface area contributed by atoms with E-state index in [1.54, 1.807) is 6.07 Å². The van der Waals surface area contributed by atoms with Crippen LogP contribution in [0.15, 0.2) is 36.4 Å². The third kappa shape index (κ3) is 4.62. The van der Waals surface area contributed by atoms with Crippen molar-refractivity contribution in [2.75, 3.05) is 13.2 Å². The molecule has 2 aromatic rings. The molecule has 0 aliphatic carbocycles. The Morgan fingerprint density at radius 1 is 1.00 bits per heavy atom. The highest BCUT2D eigenvalue weighted by atomic mass is 16.5. The first-order chi connectivity index (χ1) is 11.9. The van der Waals surface area contributed by atoms with Crippen LogP contribution in [0.2, 0.25) is 0 Å². The van der Waals surface area contributed by atoms with Crippen LogP contribution in [-0.2, 0) is 5.41 Å². The van der Waals surface area contributed by atoms with Gasteiger partial charge in [0.05, 0.1) is 13.2 Å². The van der Waals surface area contributed by atoms with Gasteiger partial charge in [-0.05, 0) is 42.0 Å². The van der Waals surface area contributed by atoms with Crippen LogP contribution in [0.4, 0.5) is 0 Å². The molecule has 0 saturated carbocycles.